The average Bonchev–Trinajstić information content (AvgIpc) is 2.54. The van der Waals surface area contributed by atoms with Crippen molar-refractivity contribution in [2.75, 3.05) is 6.61 Å². The highest BCUT2D eigenvalue weighted by atomic mass is 16.6. The van der Waals surface area contributed by atoms with Gasteiger partial charge >= 0.3 is 5.97 Å². The van der Waals surface area contributed by atoms with Crippen LogP contribution in [0.2, 0.25) is 0 Å². The second kappa shape index (κ2) is 7.40. The number of rotatable bonds is 6. The summed E-state index contributed by atoms with van der Waals surface area (Å²) >= 11 is 0. The molecule has 0 saturated carbocycles. The lowest BCUT2D eigenvalue weighted by molar-refractivity contribution is 0.0477. The molecular formula is C17H16O6. The minimum Gasteiger partial charge on any atom is -0.481 e. The minimum absolute atomic E-state index is 0.0549. The molecule has 1 heterocycles. The third-order valence-corrected chi connectivity index (χ3v) is 3.02. The highest BCUT2D eigenvalue weighted by Crippen LogP contribution is 2.18. The summed E-state index contributed by atoms with van der Waals surface area (Å²) in [7, 11) is 0. The van der Waals surface area contributed by atoms with Gasteiger partial charge in [-0.2, -0.15) is 0 Å². The van der Waals surface area contributed by atoms with Crippen molar-refractivity contribution in [3.05, 3.63) is 63.7 Å². The molecule has 6 heteroatoms. The van der Waals surface area contributed by atoms with Gasteiger partial charge in [0, 0.05) is 0 Å². The van der Waals surface area contributed by atoms with Gasteiger partial charge in [-0.15, -0.1) is 0 Å². The molecule has 1 aromatic carbocycles. The summed E-state index contributed by atoms with van der Waals surface area (Å²) in [5.41, 5.74) is -0.0706. The van der Waals surface area contributed by atoms with Crippen LogP contribution in [0.5, 0.6) is 5.75 Å². The summed E-state index contributed by atoms with van der Waals surface area (Å²) in [6.45, 7) is 3.04. The van der Waals surface area contributed by atoms with E-state index in [1.165, 1.54) is 6.92 Å². The normalized spacial score (nSPS) is 10.2. The van der Waals surface area contributed by atoms with E-state index < -0.39 is 17.2 Å². The standard InChI is InChI=1S/C17H16O6/c1-3-21-17(20)16-15(14(19)13(10-23-16)11(2)18)22-9-12-7-5-4-6-8-12/h4-8,10H,3,9H2,1-2H3. The molecule has 120 valence electrons. The summed E-state index contributed by atoms with van der Waals surface area (Å²) in [6.07, 6.45) is 0.951. The Kier molecular flexibility index (Phi) is 5.30. The fraction of sp³-hybridized carbons (Fsp3) is 0.235. The average molecular weight is 316 g/mol. The Balaban J connectivity index is 2.40. The maximum Gasteiger partial charge on any atom is 0.378 e. The molecule has 0 aliphatic carbocycles. The van der Waals surface area contributed by atoms with Crippen molar-refractivity contribution < 1.29 is 23.5 Å². The second-order valence-corrected chi connectivity index (χ2v) is 4.69. The quantitative estimate of drug-likeness (QED) is 0.602. The molecule has 0 radical (unpaired) electrons. The third kappa shape index (κ3) is 3.85. The molecule has 0 fully saturated rings. The van der Waals surface area contributed by atoms with Gasteiger partial charge in [-0.3, -0.25) is 9.59 Å². The third-order valence-electron chi connectivity index (χ3n) is 3.02. The van der Waals surface area contributed by atoms with Crippen LogP contribution in [-0.4, -0.2) is 18.4 Å². The van der Waals surface area contributed by atoms with Crippen LogP contribution < -0.4 is 10.2 Å². The Morgan fingerprint density at radius 1 is 1.17 bits per heavy atom. The van der Waals surface area contributed by atoms with Gasteiger partial charge in [0.2, 0.25) is 11.2 Å². The first-order chi connectivity index (χ1) is 11.0. The summed E-state index contributed by atoms with van der Waals surface area (Å²) in [5, 5.41) is 0. The first-order valence-corrected chi connectivity index (χ1v) is 7.05. The SMILES string of the molecule is CCOC(=O)c1occ(C(C)=O)c(=O)c1OCc1ccccc1. The molecular weight excluding hydrogens is 300 g/mol. The maximum atomic E-state index is 12.3. The van der Waals surface area contributed by atoms with Gasteiger partial charge in [0.1, 0.15) is 18.4 Å². The molecule has 2 aromatic rings. The van der Waals surface area contributed by atoms with Crippen LogP contribution in [-0.2, 0) is 11.3 Å². The highest BCUT2D eigenvalue weighted by Gasteiger charge is 2.24. The van der Waals surface area contributed by atoms with Gasteiger partial charge in [0.15, 0.2) is 5.78 Å². The Labute approximate surface area is 132 Å². The van der Waals surface area contributed by atoms with Crippen molar-refractivity contribution in [2.24, 2.45) is 0 Å². The molecule has 23 heavy (non-hydrogen) atoms. The molecule has 2 rings (SSSR count). The zero-order chi connectivity index (χ0) is 16.8. The number of benzene rings is 1. The van der Waals surface area contributed by atoms with Crippen LogP contribution in [0, 0.1) is 0 Å². The lowest BCUT2D eigenvalue weighted by Crippen LogP contribution is -2.20. The number of carbonyl (C=O) groups is 2. The summed E-state index contributed by atoms with van der Waals surface area (Å²) in [5.74, 6) is -1.96. The number of Topliss-reactive ketones (excluding diaryl/α,β-unsaturated/α-hetero) is 1. The molecule has 1 aromatic heterocycles. The van der Waals surface area contributed by atoms with Crippen LogP contribution in [0.1, 0.15) is 40.3 Å². The predicted octanol–water partition coefficient (Wildman–Crippen LogP) is 2.60. The maximum absolute atomic E-state index is 12.3. The monoisotopic (exact) mass is 316 g/mol. The molecule has 0 amide bonds. The Bertz CT molecular complexity index is 760. The molecule has 0 atom stereocenters. The van der Waals surface area contributed by atoms with Crippen molar-refractivity contribution in [2.45, 2.75) is 20.5 Å². The lowest BCUT2D eigenvalue weighted by atomic mass is 10.2. The first kappa shape index (κ1) is 16.5. The van der Waals surface area contributed by atoms with Crippen molar-refractivity contribution in [1.29, 1.82) is 0 Å². The van der Waals surface area contributed by atoms with E-state index in [-0.39, 0.29) is 30.3 Å². The first-order valence-electron chi connectivity index (χ1n) is 7.05. The minimum atomic E-state index is -0.817. The van der Waals surface area contributed by atoms with Gasteiger partial charge in [-0.25, -0.2) is 4.79 Å². The van der Waals surface area contributed by atoms with Crippen molar-refractivity contribution in [1.82, 2.24) is 0 Å². The molecule has 0 aliphatic rings. The van der Waals surface area contributed by atoms with Crippen molar-refractivity contribution in [3.8, 4) is 5.75 Å². The highest BCUT2D eigenvalue weighted by molar-refractivity contribution is 5.95. The van der Waals surface area contributed by atoms with Gasteiger partial charge in [0.05, 0.1) is 6.61 Å². The number of hydrogen-bond acceptors (Lipinski definition) is 6. The van der Waals surface area contributed by atoms with E-state index in [1.807, 2.05) is 18.2 Å². The van der Waals surface area contributed by atoms with Crippen LogP contribution in [0.15, 0.2) is 45.8 Å². The fourth-order valence-corrected chi connectivity index (χ4v) is 1.89. The van der Waals surface area contributed by atoms with Gasteiger partial charge < -0.3 is 13.9 Å². The molecule has 0 spiro atoms. The number of esters is 1. The molecule has 0 saturated heterocycles. The topological polar surface area (TPSA) is 82.8 Å². The predicted molar refractivity (Wildman–Crippen MR) is 81.7 cm³/mol. The second-order valence-electron chi connectivity index (χ2n) is 4.69. The summed E-state index contributed by atoms with van der Waals surface area (Å²) < 4.78 is 15.4. The van der Waals surface area contributed by atoms with Crippen LogP contribution >= 0.6 is 0 Å². The van der Waals surface area contributed by atoms with Crippen molar-refractivity contribution in [3.63, 3.8) is 0 Å². The van der Waals surface area contributed by atoms with E-state index in [4.69, 9.17) is 13.9 Å². The van der Waals surface area contributed by atoms with Crippen LogP contribution in [0.4, 0.5) is 0 Å². The molecule has 0 aliphatic heterocycles. The van der Waals surface area contributed by atoms with Crippen molar-refractivity contribution >= 4 is 11.8 Å². The number of carbonyl (C=O) groups excluding carboxylic acids is 2. The molecule has 0 bridgehead atoms. The fourth-order valence-electron chi connectivity index (χ4n) is 1.89. The number of ether oxygens (including phenoxy) is 2. The molecule has 6 nitrogen and oxygen atoms in total. The van der Waals surface area contributed by atoms with Crippen LogP contribution in [0.3, 0.4) is 0 Å². The molecule has 0 N–H and O–H groups in total. The largest absolute Gasteiger partial charge is 0.481 e. The van der Waals surface area contributed by atoms with E-state index in [9.17, 15) is 14.4 Å². The Hall–Kier alpha value is -2.89. The smallest absolute Gasteiger partial charge is 0.378 e. The lowest BCUT2D eigenvalue weighted by Gasteiger charge is -2.10. The summed E-state index contributed by atoms with van der Waals surface area (Å²) in [4.78, 5) is 35.7. The van der Waals surface area contributed by atoms with Crippen LogP contribution in [0.25, 0.3) is 0 Å². The van der Waals surface area contributed by atoms with E-state index in [2.05, 4.69) is 0 Å². The van der Waals surface area contributed by atoms with Gasteiger partial charge in [0.25, 0.3) is 5.76 Å². The summed E-state index contributed by atoms with van der Waals surface area (Å²) in [6, 6.07) is 9.10. The van der Waals surface area contributed by atoms with E-state index in [0.29, 0.717) is 0 Å². The number of ketones is 1. The zero-order valence-electron chi connectivity index (χ0n) is 12.8. The van der Waals surface area contributed by atoms with E-state index >= 15 is 0 Å². The van der Waals surface area contributed by atoms with E-state index in [0.717, 1.165) is 11.8 Å². The van der Waals surface area contributed by atoms with Gasteiger partial charge in [-0.05, 0) is 19.4 Å². The van der Waals surface area contributed by atoms with E-state index in [1.54, 1.807) is 19.1 Å². The van der Waals surface area contributed by atoms with Gasteiger partial charge in [-0.1, -0.05) is 30.3 Å². The Morgan fingerprint density at radius 2 is 1.87 bits per heavy atom. The molecule has 0 unspecified atom stereocenters. The zero-order valence-corrected chi connectivity index (χ0v) is 12.8. The number of hydrogen-bond donors (Lipinski definition) is 0. The Morgan fingerprint density at radius 3 is 2.48 bits per heavy atom.